The number of nitrogens with zero attached hydrogens (tertiary/aromatic N) is 1. The van der Waals surface area contributed by atoms with Crippen molar-refractivity contribution in [1.82, 2.24) is 10.3 Å². The van der Waals surface area contributed by atoms with Crippen LogP contribution in [0.15, 0.2) is 34.7 Å². The minimum atomic E-state index is -0.380. The highest BCUT2D eigenvalue weighted by Gasteiger charge is 2.20. The Morgan fingerprint density at radius 2 is 2.00 bits per heavy atom. The maximum absolute atomic E-state index is 12.2. The molecule has 0 bridgehead atoms. The number of carbonyl (C=O) groups is 2. The summed E-state index contributed by atoms with van der Waals surface area (Å²) in [6.45, 7) is 3.40. The number of rotatable bonds is 5. The number of oxazole rings is 1. The summed E-state index contributed by atoms with van der Waals surface area (Å²) in [5.41, 5.74) is 1.02. The number of aromatic nitrogens is 1. The number of amides is 1. The number of methoxy groups -OCH3 is 1. The molecule has 0 radical (unpaired) electrons. The maximum Gasteiger partial charge on any atom is 0.307 e. The van der Waals surface area contributed by atoms with Crippen LogP contribution in [-0.4, -0.2) is 30.0 Å². The molecule has 1 heterocycles. The van der Waals surface area contributed by atoms with E-state index in [0.29, 0.717) is 11.7 Å². The van der Waals surface area contributed by atoms with Crippen LogP contribution >= 0.6 is 0 Å². The van der Waals surface area contributed by atoms with Gasteiger partial charge in [0.25, 0.3) is 5.91 Å². The van der Waals surface area contributed by atoms with E-state index in [2.05, 4.69) is 15.0 Å². The van der Waals surface area contributed by atoms with Crippen molar-refractivity contribution >= 4 is 11.9 Å². The van der Waals surface area contributed by atoms with E-state index in [1.54, 1.807) is 13.8 Å². The summed E-state index contributed by atoms with van der Waals surface area (Å²) in [7, 11) is 1.31. The smallest absolute Gasteiger partial charge is 0.307 e. The summed E-state index contributed by atoms with van der Waals surface area (Å²) in [4.78, 5) is 27.6. The summed E-state index contributed by atoms with van der Waals surface area (Å²) in [5.74, 6) is 0.0694. The van der Waals surface area contributed by atoms with Gasteiger partial charge in [0.15, 0.2) is 5.69 Å². The van der Waals surface area contributed by atoms with Crippen LogP contribution < -0.4 is 5.32 Å². The van der Waals surface area contributed by atoms with Gasteiger partial charge in [-0.2, -0.15) is 0 Å². The van der Waals surface area contributed by atoms with Gasteiger partial charge in [-0.15, -0.1) is 0 Å². The van der Waals surface area contributed by atoms with E-state index in [-0.39, 0.29) is 30.0 Å². The molecule has 1 aromatic heterocycles. The van der Waals surface area contributed by atoms with Gasteiger partial charge in [-0.05, 0) is 26.0 Å². The molecular weight excluding hydrogens is 284 g/mol. The van der Waals surface area contributed by atoms with Crippen molar-refractivity contribution in [1.29, 1.82) is 0 Å². The Morgan fingerprint density at radius 1 is 1.32 bits per heavy atom. The zero-order valence-electron chi connectivity index (χ0n) is 12.8. The molecule has 0 aliphatic rings. The maximum atomic E-state index is 12.2. The van der Waals surface area contributed by atoms with Gasteiger partial charge in [-0.3, -0.25) is 9.59 Å². The molecule has 0 aliphatic heterocycles. The standard InChI is InChI=1S/C16H18N2O4/c1-10(9-13(19)21-3)17-15(20)14-11(2)22-16(18-14)12-7-5-4-6-8-12/h4-8,10H,9H2,1-3H3,(H,17,20). The van der Waals surface area contributed by atoms with Crippen LogP contribution in [0.4, 0.5) is 0 Å². The average molecular weight is 302 g/mol. The van der Waals surface area contributed by atoms with Gasteiger partial charge >= 0.3 is 5.97 Å². The predicted octanol–water partition coefficient (Wildman–Crippen LogP) is 2.33. The highest BCUT2D eigenvalue weighted by molar-refractivity contribution is 5.94. The Bertz CT molecular complexity index is 664. The van der Waals surface area contributed by atoms with E-state index < -0.39 is 0 Å². The second kappa shape index (κ2) is 6.89. The Kier molecular flexibility index (Phi) is 4.93. The van der Waals surface area contributed by atoms with Crippen LogP contribution in [0.2, 0.25) is 0 Å². The van der Waals surface area contributed by atoms with Gasteiger partial charge in [0.2, 0.25) is 5.89 Å². The first-order chi connectivity index (χ1) is 10.5. The molecule has 6 heteroatoms. The predicted molar refractivity (Wildman–Crippen MR) is 80.2 cm³/mol. The zero-order chi connectivity index (χ0) is 16.1. The summed E-state index contributed by atoms with van der Waals surface area (Å²) in [5, 5.41) is 2.70. The van der Waals surface area contributed by atoms with Crippen molar-refractivity contribution in [2.24, 2.45) is 0 Å². The topological polar surface area (TPSA) is 81.4 Å². The molecule has 1 N–H and O–H groups in total. The number of nitrogens with one attached hydrogen (secondary N) is 1. The molecule has 0 fully saturated rings. The first kappa shape index (κ1) is 15.8. The van der Waals surface area contributed by atoms with Crippen LogP contribution in [0, 0.1) is 6.92 Å². The Labute approximate surface area is 128 Å². The van der Waals surface area contributed by atoms with Crippen LogP contribution in [0.3, 0.4) is 0 Å². The fourth-order valence-electron chi connectivity index (χ4n) is 1.99. The number of hydrogen-bond acceptors (Lipinski definition) is 5. The number of esters is 1. The van der Waals surface area contributed by atoms with Crippen LogP contribution in [-0.2, 0) is 9.53 Å². The summed E-state index contributed by atoms with van der Waals surface area (Å²) in [6, 6.07) is 8.98. The van der Waals surface area contributed by atoms with Crippen molar-refractivity contribution in [3.63, 3.8) is 0 Å². The first-order valence-electron chi connectivity index (χ1n) is 6.91. The van der Waals surface area contributed by atoms with E-state index in [0.717, 1.165) is 5.56 Å². The van der Waals surface area contributed by atoms with E-state index in [4.69, 9.17) is 4.42 Å². The molecule has 0 spiro atoms. The number of ether oxygens (including phenoxy) is 1. The van der Waals surface area contributed by atoms with E-state index in [9.17, 15) is 9.59 Å². The molecule has 0 aliphatic carbocycles. The molecule has 1 atom stereocenters. The number of aryl methyl sites for hydroxylation is 1. The molecule has 0 saturated heterocycles. The highest BCUT2D eigenvalue weighted by Crippen LogP contribution is 2.21. The minimum absolute atomic E-state index is 0.102. The summed E-state index contributed by atoms with van der Waals surface area (Å²) in [6.07, 6.45) is 0.102. The molecule has 1 unspecified atom stereocenters. The van der Waals surface area contributed by atoms with Crippen molar-refractivity contribution in [2.45, 2.75) is 26.3 Å². The monoisotopic (exact) mass is 302 g/mol. The molecule has 22 heavy (non-hydrogen) atoms. The van der Waals surface area contributed by atoms with Crippen molar-refractivity contribution in [3.05, 3.63) is 41.8 Å². The first-order valence-corrected chi connectivity index (χ1v) is 6.91. The molecule has 0 saturated carbocycles. The fraction of sp³-hybridized carbons (Fsp3) is 0.312. The molecule has 1 aromatic carbocycles. The average Bonchev–Trinajstić information content (AvgIpc) is 2.90. The highest BCUT2D eigenvalue weighted by atomic mass is 16.5. The summed E-state index contributed by atoms with van der Waals surface area (Å²) >= 11 is 0. The van der Waals surface area contributed by atoms with Gasteiger partial charge in [0, 0.05) is 11.6 Å². The fourth-order valence-corrected chi connectivity index (χ4v) is 1.99. The van der Waals surface area contributed by atoms with E-state index in [1.165, 1.54) is 7.11 Å². The van der Waals surface area contributed by atoms with Crippen LogP contribution in [0.25, 0.3) is 11.5 Å². The molecule has 2 rings (SSSR count). The molecular formula is C16H18N2O4. The lowest BCUT2D eigenvalue weighted by atomic mass is 10.2. The summed E-state index contributed by atoms with van der Waals surface area (Å²) < 4.78 is 10.1. The molecule has 2 aromatic rings. The number of carbonyl (C=O) groups excluding carboxylic acids is 2. The third-order valence-electron chi connectivity index (χ3n) is 3.11. The van der Waals surface area contributed by atoms with Gasteiger partial charge in [-0.25, -0.2) is 4.98 Å². The molecule has 116 valence electrons. The largest absolute Gasteiger partial charge is 0.469 e. The Balaban J connectivity index is 2.11. The second-order valence-corrected chi connectivity index (χ2v) is 4.94. The third kappa shape index (κ3) is 3.72. The Morgan fingerprint density at radius 3 is 2.64 bits per heavy atom. The molecule has 6 nitrogen and oxygen atoms in total. The quantitative estimate of drug-likeness (QED) is 0.857. The van der Waals surface area contributed by atoms with Gasteiger partial charge in [-0.1, -0.05) is 18.2 Å². The third-order valence-corrected chi connectivity index (χ3v) is 3.11. The zero-order valence-corrected chi connectivity index (χ0v) is 12.8. The number of hydrogen-bond donors (Lipinski definition) is 1. The van der Waals surface area contributed by atoms with Crippen molar-refractivity contribution in [2.75, 3.05) is 7.11 Å². The minimum Gasteiger partial charge on any atom is -0.469 e. The SMILES string of the molecule is COC(=O)CC(C)NC(=O)c1nc(-c2ccccc2)oc1C. The normalized spacial score (nSPS) is 11.8. The van der Waals surface area contributed by atoms with Gasteiger partial charge < -0.3 is 14.5 Å². The van der Waals surface area contributed by atoms with Crippen LogP contribution in [0.1, 0.15) is 29.6 Å². The van der Waals surface area contributed by atoms with Gasteiger partial charge in [0.1, 0.15) is 5.76 Å². The molecule has 1 amide bonds. The lowest BCUT2D eigenvalue weighted by molar-refractivity contribution is -0.141. The van der Waals surface area contributed by atoms with E-state index in [1.807, 2.05) is 30.3 Å². The Hall–Kier alpha value is -2.63. The second-order valence-electron chi connectivity index (χ2n) is 4.94. The van der Waals surface area contributed by atoms with Gasteiger partial charge in [0.05, 0.1) is 13.5 Å². The lowest BCUT2D eigenvalue weighted by Gasteiger charge is -2.11. The van der Waals surface area contributed by atoms with Crippen molar-refractivity contribution < 1.29 is 18.7 Å². The number of benzene rings is 1. The van der Waals surface area contributed by atoms with Crippen molar-refractivity contribution in [3.8, 4) is 11.5 Å². The lowest BCUT2D eigenvalue weighted by Crippen LogP contribution is -2.35. The van der Waals surface area contributed by atoms with Crippen LogP contribution in [0.5, 0.6) is 0 Å². The van der Waals surface area contributed by atoms with E-state index >= 15 is 0 Å².